The van der Waals surface area contributed by atoms with E-state index in [2.05, 4.69) is 27.8 Å². The maximum absolute atomic E-state index is 13.2. The Hall–Kier alpha value is -0.450. The predicted octanol–water partition coefficient (Wildman–Crippen LogP) is 3.29. The first-order valence-corrected chi connectivity index (χ1v) is 7.31. The fraction of sp³-hybridized carbons (Fsp3) is 0.571. The summed E-state index contributed by atoms with van der Waals surface area (Å²) < 4.78 is 13.7. The highest BCUT2D eigenvalue weighted by atomic mass is 79.9. The number of hydrogen-bond donors (Lipinski definition) is 1. The van der Waals surface area contributed by atoms with E-state index in [1.54, 1.807) is 0 Å². The molecule has 1 fully saturated rings. The second-order valence-corrected chi connectivity index (χ2v) is 6.00. The van der Waals surface area contributed by atoms with E-state index in [-0.39, 0.29) is 11.9 Å². The minimum absolute atomic E-state index is 0.189. The monoisotopic (exact) mass is 314 g/mol. The summed E-state index contributed by atoms with van der Waals surface area (Å²) in [6.45, 7) is 4.01. The number of hydrogen-bond acceptors (Lipinski definition) is 2. The van der Waals surface area contributed by atoms with Crippen molar-refractivity contribution in [3.05, 3.63) is 34.1 Å². The zero-order chi connectivity index (χ0) is 13.1. The molecule has 0 bridgehead atoms. The van der Waals surface area contributed by atoms with Crippen LogP contribution in [0.25, 0.3) is 0 Å². The molecule has 2 rings (SSSR count). The van der Waals surface area contributed by atoms with Gasteiger partial charge < -0.3 is 5.73 Å². The molecular weight excluding hydrogens is 295 g/mol. The smallest absolute Gasteiger partial charge is 0.137 e. The fourth-order valence-electron chi connectivity index (χ4n) is 2.68. The lowest BCUT2D eigenvalue weighted by Crippen LogP contribution is -2.48. The highest BCUT2D eigenvalue weighted by Gasteiger charge is 2.25. The Balaban J connectivity index is 2.08. The lowest BCUT2D eigenvalue weighted by molar-refractivity contribution is 0.123. The van der Waals surface area contributed by atoms with E-state index in [0.29, 0.717) is 10.5 Å². The summed E-state index contributed by atoms with van der Waals surface area (Å²) in [7, 11) is 0. The maximum atomic E-state index is 13.2. The van der Waals surface area contributed by atoms with E-state index in [1.807, 2.05) is 12.1 Å². The number of rotatable bonds is 3. The van der Waals surface area contributed by atoms with Gasteiger partial charge in [0.05, 0.1) is 4.47 Å². The molecule has 0 spiro atoms. The van der Waals surface area contributed by atoms with E-state index in [1.165, 1.54) is 25.3 Å². The molecule has 0 saturated carbocycles. The first kappa shape index (κ1) is 14.0. The van der Waals surface area contributed by atoms with Crippen LogP contribution >= 0.6 is 15.9 Å². The summed E-state index contributed by atoms with van der Waals surface area (Å²) in [4.78, 5) is 2.42. The molecule has 0 aromatic heterocycles. The quantitative estimate of drug-likeness (QED) is 0.927. The lowest BCUT2D eigenvalue weighted by atomic mass is 9.96. The largest absolute Gasteiger partial charge is 0.327 e. The summed E-state index contributed by atoms with van der Waals surface area (Å²) in [6.07, 6.45) is 3.65. The summed E-state index contributed by atoms with van der Waals surface area (Å²) in [5.74, 6) is -0.207. The molecule has 4 heteroatoms. The molecule has 1 heterocycles. The number of nitrogens with zero attached hydrogens (tertiary/aromatic N) is 1. The lowest BCUT2D eigenvalue weighted by Gasteiger charge is -2.38. The Bertz CT molecular complexity index is 409. The van der Waals surface area contributed by atoms with Crippen LogP contribution in [0.5, 0.6) is 0 Å². The highest BCUT2D eigenvalue weighted by molar-refractivity contribution is 9.10. The topological polar surface area (TPSA) is 29.3 Å². The zero-order valence-corrected chi connectivity index (χ0v) is 12.3. The van der Waals surface area contributed by atoms with Gasteiger partial charge in [-0.3, -0.25) is 4.90 Å². The predicted molar refractivity (Wildman–Crippen MR) is 75.8 cm³/mol. The van der Waals surface area contributed by atoms with Crippen LogP contribution in [0.15, 0.2) is 22.7 Å². The van der Waals surface area contributed by atoms with Crippen molar-refractivity contribution in [1.29, 1.82) is 0 Å². The fourth-order valence-corrected chi connectivity index (χ4v) is 3.11. The van der Waals surface area contributed by atoms with Gasteiger partial charge in [0.15, 0.2) is 0 Å². The molecule has 1 aromatic carbocycles. The zero-order valence-electron chi connectivity index (χ0n) is 10.7. The number of piperidine rings is 1. The van der Waals surface area contributed by atoms with Crippen molar-refractivity contribution < 1.29 is 4.39 Å². The van der Waals surface area contributed by atoms with Crippen LogP contribution in [0.3, 0.4) is 0 Å². The van der Waals surface area contributed by atoms with Crippen molar-refractivity contribution in [2.75, 3.05) is 6.54 Å². The minimum Gasteiger partial charge on any atom is -0.327 e. The molecule has 2 nitrogen and oxygen atoms in total. The molecule has 0 radical (unpaired) electrons. The van der Waals surface area contributed by atoms with Gasteiger partial charge in [0.2, 0.25) is 0 Å². The Morgan fingerprint density at radius 3 is 2.94 bits per heavy atom. The third-order valence-electron chi connectivity index (χ3n) is 3.64. The van der Waals surface area contributed by atoms with Gasteiger partial charge in [-0.2, -0.15) is 0 Å². The molecule has 2 unspecified atom stereocenters. The van der Waals surface area contributed by atoms with Gasteiger partial charge in [-0.05, 0) is 59.9 Å². The first-order valence-electron chi connectivity index (χ1n) is 6.51. The normalized spacial score (nSPS) is 23.0. The van der Waals surface area contributed by atoms with Crippen LogP contribution in [0.2, 0.25) is 0 Å². The van der Waals surface area contributed by atoms with Crippen LogP contribution < -0.4 is 5.73 Å². The van der Waals surface area contributed by atoms with E-state index >= 15 is 0 Å². The van der Waals surface area contributed by atoms with Crippen LogP contribution in [-0.4, -0.2) is 23.5 Å². The van der Waals surface area contributed by atoms with Crippen LogP contribution in [0, 0.1) is 5.82 Å². The molecule has 1 aromatic rings. The molecule has 1 aliphatic rings. The van der Waals surface area contributed by atoms with Gasteiger partial charge in [0, 0.05) is 18.6 Å². The van der Waals surface area contributed by atoms with Gasteiger partial charge in [-0.15, -0.1) is 0 Å². The number of benzene rings is 1. The summed E-state index contributed by atoms with van der Waals surface area (Å²) >= 11 is 3.24. The molecular formula is C14H20BrFN2. The van der Waals surface area contributed by atoms with Crippen LogP contribution in [-0.2, 0) is 6.54 Å². The highest BCUT2D eigenvalue weighted by Crippen LogP contribution is 2.23. The van der Waals surface area contributed by atoms with Gasteiger partial charge in [0.1, 0.15) is 5.82 Å². The summed E-state index contributed by atoms with van der Waals surface area (Å²) in [5.41, 5.74) is 7.19. The van der Waals surface area contributed by atoms with Gasteiger partial charge in [-0.1, -0.05) is 12.5 Å². The summed E-state index contributed by atoms with van der Waals surface area (Å²) in [6, 6.07) is 5.87. The average molecular weight is 315 g/mol. The van der Waals surface area contributed by atoms with Crippen molar-refractivity contribution in [2.24, 2.45) is 5.73 Å². The number of likely N-dealkylation sites (tertiary alicyclic amines) is 1. The molecule has 1 aliphatic heterocycles. The van der Waals surface area contributed by atoms with Gasteiger partial charge >= 0.3 is 0 Å². The molecule has 18 heavy (non-hydrogen) atoms. The third kappa shape index (κ3) is 3.31. The van der Waals surface area contributed by atoms with E-state index in [4.69, 9.17) is 5.73 Å². The second-order valence-electron chi connectivity index (χ2n) is 5.14. The van der Waals surface area contributed by atoms with Crippen molar-refractivity contribution in [3.8, 4) is 0 Å². The molecule has 2 atom stereocenters. The molecule has 100 valence electrons. The molecule has 2 N–H and O–H groups in total. The van der Waals surface area contributed by atoms with Gasteiger partial charge in [-0.25, -0.2) is 4.39 Å². The van der Waals surface area contributed by atoms with Crippen molar-refractivity contribution in [2.45, 2.75) is 44.8 Å². The molecule has 0 amide bonds. The van der Waals surface area contributed by atoms with Crippen molar-refractivity contribution in [3.63, 3.8) is 0 Å². The standard InChI is InChI=1S/C14H20BrFN2/c1-10(17)14-4-2-3-7-18(14)9-11-5-6-13(16)12(15)8-11/h5-6,8,10,14H,2-4,7,9,17H2,1H3. The van der Waals surface area contributed by atoms with Crippen molar-refractivity contribution >= 4 is 15.9 Å². The Labute approximate surface area is 116 Å². The Morgan fingerprint density at radius 2 is 2.28 bits per heavy atom. The SMILES string of the molecule is CC(N)C1CCCCN1Cc1ccc(F)c(Br)c1. The van der Waals surface area contributed by atoms with E-state index < -0.39 is 0 Å². The average Bonchev–Trinajstić information content (AvgIpc) is 2.34. The minimum atomic E-state index is -0.207. The van der Waals surface area contributed by atoms with E-state index in [9.17, 15) is 4.39 Å². The molecule has 1 saturated heterocycles. The maximum Gasteiger partial charge on any atom is 0.137 e. The summed E-state index contributed by atoms with van der Waals surface area (Å²) in [5, 5.41) is 0. The van der Waals surface area contributed by atoms with Crippen molar-refractivity contribution in [1.82, 2.24) is 4.90 Å². The molecule has 0 aliphatic carbocycles. The number of nitrogens with two attached hydrogens (primary N) is 1. The van der Waals surface area contributed by atoms with Crippen LogP contribution in [0.1, 0.15) is 31.7 Å². The Kier molecular flexibility index (Phi) is 4.76. The van der Waals surface area contributed by atoms with Gasteiger partial charge in [0.25, 0.3) is 0 Å². The number of halogens is 2. The van der Waals surface area contributed by atoms with E-state index in [0.717, 1.165) is 18.7 Å². The first-order chi connectivity index (χ1) is 8.58. The second kappa shape index (κ2) is 6.13. The Morgan fingerprint density at radius 1 is 1.50 bits per heavy atom. The third-order valence-corrected chi connectivity index (χ3v) is 4.25. The van der Waals surface area contributed by atoms with Crippen LogP contribution in [0.4, 0.5) is 4.39 Å².